The van der Waals surface area contributed by atoms with Gasteiger partial charge in [-0.3, -0.25) is 4.79 Å². The SMILES string of the molecule is N#CC1(NC(=O)O)CC1.O=C(C1CCCCC1)N1CCc2[nH]c3cccc(F)c3c2C1. The smallest absolute Gasteiger partial charge is 0.405 e. The van der Waals surface area contributed by atoms with Crippen molar-refractivity contribution in [3.05, 3.63) is 35.3 Å². The average molecular weight is 426 g/mol. The van der Waals surface area contributed by atoms with Gasteiger partial charge in [-0.05, 0) is 37.8 Å². The first-order chi connectivity index (χ1) is 14.9. The number of halogens is 1. The molecular weight excluding hydrogens is 399 g/mol. The maximum atomic E-state index is 14.2. The van der Waals surface area contributed by atoms with Gasteiger partial charge in [-0.25, -0.2) is 9.18 Å². The highest BCUT2D eigenvalue weighted by molar-refractivity contribution is 5.87. The fourth-order valence-electron chi connectivity index (χ4n) is 4.62. The van der Waals surface area contributed by atoms with E-state index in [4.69, 9.17) is 10.4 Å². The van der Waals surface area contributed by atoms with Crippen molar-refractivity contribution in [3.8, 4) is 6.07 Å². The summed E-state index contributed by atoms with van der Waals surface area (Å²) >= 11 is 0. The Kier molecular flexibility index (Phi) is 5.86. The number of carboxylic acid groups (broad SMARTS) is 1. The molecule has 5 rings (SSSR count). The molecule has 2 heterocycles. The molecule has 2 aliphatic carbocycles. The minimum absolute atomic E-state index is 0.186. The van der Waals surface area contributed by atoms with Gasteiger partial charge in [0.05, 0.1) is 6.07 Å². The summed E-state index contributed by atoms with van der Waals surface area (Å²) in [6, 6.07) is 7.02. The zero-order valence-electron chi connectivity index (χ0n) is 17.4. The molecule has 0 radical (unpaired) electrons. The van der Waals surface area contributed by atoms with E-state index in [1.165, 1.54) is 12.5 Å². The summed E-state index contributed by atoms with van der Waals surface area (Å²) in [7, 11) is 0. The highest BCUT2D eigenvalue weighted by Crippen LogP contribution is 2.34. The van der Waals surface area contributed by atoms with Crippen molar-refractivity contribution < 1.29 is 19.1 Å². The molecule has 1 aromatic carbocycles. The molecule has 2 aromatic rings. The molecule has 2 fully saturated rings. The van der Waals surface area contributed by atoms with Crippen molar-refractivity contribution in [2.75, 3.05) is 6.54 Å². The topological polar surface area (TPSA) is 109 Å². The first-order valence-corrected chi connectivity index (χ1v) is 10.9. The number of nitrogens with zero attached hydrogens (tertiary/aromatic N) is 2. The summed E-state index contributed by atoms with van der Waals surface area (Å²) < 4.78 is 14.2. The predicted octanol–water partition coefficient (Wildman–Crippen LogP) is 4.08. The average Bonchev–Trinajstić information content (AvgIpc) is 3.43. The van der Waals surface area contributed by atoms with E-state index in [1.54, 1.807) is 6.07 Å². The van der Waals surface area contributed by atoms with Gasteiger partial charge in [0.25, 0.3) is 0 Å². The van der Waals surface area contributed by atoms with E-state index >= 15 is 0 Å². The highest BCUT2D eigenvalue weighted by atomic mass is 19.1. The van der Waals surface area contributed by atoms with Crippen molar-refractivity contribution in [2.45, 2.75) is 63.5 Å². The molecule has 164 valence electrons. The third-order valence-electron chi connectivity index (χ3n) is 6.52. The van der Waals surface area contributed by atoms with Crippen molar-refractivity contribution in [1.82, 2.24) is 15.2 Å². The third-order valence-corrected chi connectivity index (χ3v) is 6.52. The van der Waals surface area contributed by atoms with Gasteiger partial charge < -0.3 is 20.3 Å². The number of aromatic nitrogens is 1. The molecular formula is C23H27FN4O3. The molecule has 1 aromatic heterocycles. The van der Waals surface area contributed by atoms with Gasteiger partial charge in [0.2, 0.25) is 5.91 Å². The van der Waals surface area contributed by atoms with Gasteiger partial charge in [0.15, 0.2) is 0 Å². The van der Waals surface area contributed by atoms with Crippen LogP contribution < -0.4 is 5.32 Å². The van der Waals surface area contributed by atoms with Crippen LogP contribution in [0.5, 0.6) is 0 Å². The number of nitrogens with one attached hydrogen (secondary N) is 2. The second-order valence-corrected chi connectivity index (χ2v) is 8.71. The van der Waals surface area contributed by atoms with E-state index in [0.29, 0.717) is 24.8 Å². The summed E-state index contributed by atoms with van der Waals surface area (Å²) in [5.74, 6) is 0.267. The van der Waals surface area contributed by atoms with Crippen LogP contribution in [0.3, 0.4) is 0 Å². The molecule has 0 atom stereocenters. The Labute approximate surface area is 180 Å². The lowest BCUT2D eigenvalue weighted by molar-refractivity contribution is -0.137. The maximum absolute atomic E-state index is 14.2. The zero-order chi connectivity index (χ0) is 22.0. The summed E-state index contributed by atoms with van der Waals surface area (Å²) in [5.41, 5.74) is 2.18. The number of carbonyl (C=O) groups excluding carboxylic acids is 1. The Balaban J connectivity index is 0.000000217. The Bertz CT molecular complexity index is 1030. The molecule has 7 nitrogen and oxygen atoms in total. The molecule has 0 spiro atoms. The van der Waals surface area contributed by atoms with E-state index < -0.39 is 11.6 Å². The molecule has 3 N–H and O–H groups in total. The van der Waals surface area contributed by atoms with Gasteiger partial charge in [-0.15, -0.1) is 0 Å². The largest absolute Gasteiger partial charge is 0.465 e. The number of hydrogen-bond acceptors (Lipinski definition) is 3. The molecule has 1 aliphatic heterocycles. The molecule has 31 heavy (non-hydrogen) atoms. The van der Waals surface area contributed by atoms with Crippen LogP contribution in [0.2, 0.25) is 0 Å². The molecule has 0 unspecified atom stereocenters. The molecule has 3 aliphatic rings. The van der Waals surface area contributed by atoms with Crippen LogP contribution in [-0.4, -0.2) is 39.1 Å². The Morgan fingerprint density at radius 3 is 2.61 bits per heavy atom. The minimum Gasteiger partial charge on any atom is -0.465 e. The minimum atomic E-state index is -1.12. The summed E-state index contributed by atoms with van der Waals surface area (Å²) in [5, 5.41) is 19.3. The Hall–Kier alpha value is -3.08. The number of amides is 2. The van der Waals surface area contributed by atoms with Crippen LogP contribution in [0.1, 0.15) is 56.2 Å². The number of aromatic amines is 1. The lowest BCUT2D eigenvalue weighted by Crippen LogP contribution is -2.40. The van der Waals surface area contributed by atoms with Crippen molar-refractivity contribution in [2.24, 2.45) is 5.92 Å². The number of rotatable bonds is 2. The lowest BCUT2D eigenvalue weighted by Gasteiger charge is -2.32. The highest BCUT2D eigenvalue weighted by Gasteiger charge is 2.44. The van der Waals surface area contributed by atoms with Crippen LogP contribution in [-0.2, 0) is 17.8 Å². The van der Waals surface area contributed by atoms with Gasteiger partial charge in [-0.2, -0.15) is 5.26 Å². The van der Waals surface area contributed by atoms with Crippen LogP contribution in [0.25, 0.3) is 10.9 Å². The van der Waals surface area contributed by atoms with E-state index in [2.05, 4.69) is 10.3 Å². The van der Waals surface area contributed by atoms with E-state index in [0.717, 1.165) is 55.4 Å². The molecule has 2 saturated carbocycles. The second-order valence-electron chi connectivity index (χ2n) is 8.71. The molecule has 0 bridgehead atoms. The van der Waals surface area contributed by atoms with Crippen molar-refractivity contribution in [3.63, 3.8) is 0 Å². The normalized spacial score (nSPS) is 19.5. The number of fused-ring (bicyclic) bond motifs is 3. The second kappa shape index (κ2) is 8.58. The Morgan fingerprint density at radius 2 is 2.00 bits per heavy atom. The van der Waals surface area contributed by atoms with E-state index in [-0.39, 0.29) is 17.6 Å². The fraction of sp³-hybridized carbons (Fsp3) is 0.522. The standard InChI is InChI=1S/C18H21FN2O.C5H6N2O2/c19-14-7-4-8-16-17(14)13-11-21(10-9-15(13)20-16)18(22)12-5-2-1-3-6-12;6-3-5(1-2-5)7-4(8)9/h4,7-8,12,20H,1-3,5-6,9-11H2;7H,1-2H2,(H,8,9). The number of H-pyrrole nitrogens is 1. The summed E-state index contributed by atoms with van der Waals surface area (Å²) in [6.07, 6.45) is 6.59. The van der Waals surface area contributed by atoms with Crippen LogP contribution >= 0.6 is 0 Å². The number of benzene rings is 1. The monoisotopic (exact) mass is 426 g/mol. The molecule has 0 saturated heterocycles. The lowest BCUT2D eigenvalue weighted by atomic mass is 9.87. The number of hydrogen-bond donors (Lipinski definition) is 3. The van der Waals surface area contributed by atoms with Gasteiger partial charge in [-0.1, -0.05) is 25.3 Å². The number of nitriles is 1. The number of carbonyl (C=O) groups is 2. The summed E-state index contributed by atoms with van der Waals surface area (Å²) in [6.45, 7) is 1.29. The van der Waals surface area contributed by atoms with Crippen LogP contribution in [0, 0.1) is 23.1 Å². The van der Waals surface area contributed by atoms with Crippen LogP contribution in [0.15, 0.2) is 18.2 Å². The van der Waals surface area contributed by atoms with Gasteiger partial charge in [0, 0.05) is 47.6 Å². The maximum Gasteiger partial charge on any atom is 0.405 e. The first kappa shape index (κ1) is 21.2. The van der Waals surface area contributed by atoms with Crippen molar-refractivity contribution in [1.29, 1.82) is 5.26 Å². The van der Waals surface area contributed by atoms with E-state index in [1.807, 2.05) is 17.0 Å². The predicted molar refractivity (Wildman–Crippen MR) is 113 cm³/mol. The Morgan fingerprint density at radius 1 is 1.26 bits per heavy atom. The quantitative estimate of drug-likeness (QED) is 0.672. The van der Waals surface area contributed by atoms with Crippen LogP contribution in [0.4, 0.5) is 9.18 Å². The molecule has 2 amide bonds. The zero-order valence-corrected chi connectivity index (χ0v) is 17.4. The fourth-order valence-corrected chi connectivity index (χ4v) is 4.62. The van der Waals surface area contributed by atoms with E-state index in [9.17, 15) is 14.0 Å². The van der Waals surface area contributed by atoms with Gasteiger partial charge in [0.1, 0.15) is 11.4 Å². The molecule has 8 heteroatoms. The third kappa shape index (κ3) is 4.50. The van der Waals surface area contributed by atoms with Crippen molar-refractivity contribution >= 4 is 22.9 Å². The first-order valence-electron chi connectivity index (χ1n) is 10.9. The van der Waals surface area contributed by atoms with Gasteiger partial charge >= 0.3 is 6.09 Å². The summed E-state index contributed by atoms with van der Waals surface area (Å²) in [4.78, 5) is 27.9.